The number of likely N-dealkylation sites (tertiary alicyclic amines) is 1. The van der Waals surface area contributed by atoms with Crippen molar-refractivity contribution in [3.63, 3.8) is 0 Å². The minimum Gasteiger partial charge on any atom is -0.444 e. The fourth-order valence-electron chi connectivity index (χ4n) is 5.12. The topological polar surface area (TPSA) is 136 Å². The van der Waals surface area contributed by atoms with Gasteiger partial charge < -0.3 is 25.6 Å². The number of anilines is 1. The van der Waals surface area contributed by atoms with Crippen molar-refractivity contribution in [1.29, 1.82) is 5.26 Å². The van der Waals surface area contributed by atoms with E-state index in [-0.39, 0.29) is 30.2 Å². The third-order valence-corrected chi connectivity index (χ3v) is 7.25. The Hall–Kier alpha value is -4.98. The van der Waals surface area contributed by atoms with Crippen LogP contribution in [0.5, 0.6) is 0 Å². The van der Waals surface area contributed by atoms with E-state index in [2.05, 4.69) is 22.0 Å². The highest BCUT2D eigenvalue weighted by molar-refractivity contribution is 5.99. The summed E-state index contributed by atoms with van der Waals surface area (Å²) in [5, 5.41) is 18.5. The van der Waals surface area contributed by atoms with E-state index in [4.69, 9.17) is 9.72 Å². The minimum atomic E-state index is -0.591. The molecule has 1 aromatic heterocycles. The van der Waals surface area contributed by atoms with E-state index >= 15 is 0 Å². The van der Waals surface area contributed by atoms with Crippen LogP contribution >= 0.6 is 0 Å². The Bertz CT molecular complexity index is 1560. The number of aromatic nitrogens is 1. The molecule has 1 saturated heterocycles. The van der Waals surface area contributed by atoms with Gasteiger partial charge in [0.15, 0.2) is 0 Å². The Labute approximate surface area is 263 Å². The van der Waals surface area contributed by atoms with Gasteiger partial charge in [-0.05, 0) is 75.9 Å². The Balaban J connectivity index is 1.42. The lowest BCUT2D eigenvalue weighted by molar-refractivity contribution is -0.128. The highest BCUT2D eigenvalue weighted by Crippen LogP contribution is 2.25. The molecule has 10 nitrogen and oxygen atoms in total. The molecule has 45 heavy (non-hydrogen) atoms. The summed E-state index contributed by atoms with van der Waals surface area (Å²) in [5.74, 6) is -0.337. The number of nitrogens with zero attached hydrogens (tertiary/aromatic N) is 3. The summed E-state index contributed by atoms with van der Waals surface area (Å²) in [5.41, 5.74) is 2.15. The molecule has 1 aliphatic rings. The van der Waals surface area contributed by atoms with E-state index in [9.17, 15) is 24.0 Å². The van der Waals surface area contributed by atoms with E-state index in [1.54, 1.807) is 62.1 Å². The number of rotatable bonds is 12. The second-order valence-corrected chi connectivity index (χ2v) is 11.8. The van der Waals surface area contributed by atoms with Gasteiger partial charge in [-0.3, -0.25) is 9.59 Å². The minimum absolute atomic E-state index is 0.00778. The first-order valence-electron chi connectivity index (χ1n) is 15.1. The number of nitriles is 1. The number of amides is 3. The maximum Gasteiger partial charge on any atom is 0.407 e. The summed E-state index contributed by atoms with van der Waals surface area (Å²) in [6.45, 7) is 6.82. The summed E-state index contributed by atoms with van der Waals surface area (Å²) in [6, 6.07) is 18.8. The van der Waals surface area contributed by atoms with Crippen LogP contribution in [0.25, 0.3) is 11.3 Å². The number of hydrogen-bond acceptors (Lipinski definition) is 7. The van der Waals surface area contributed by atoms with Crippen molar-refractivity contribution < 1.29 is 23.5 Å². The maximum atomic E-state index is 13.7. The van der Waals surface area contributed by atoms with Gasteiger partial charge in [-0.25, -0.2) is 14.2 Å². The van der Waals surface area contributed by atoms with Crippen LogP contribution in [0.1, 0.15) is 61.5 Å². The quantitative estimate of drug-likeness (QED) is 0.243. The molecule has 4 rings (SSSR count). The van der Waals surface area contributed by atoms with Gasteiger partial charge in [0.1, 0.15) is 17.2 Å². The van der Waals surface area contributed by atoms with Crippen LogP contribution in [0.3, 0.4) is 0 Å². The monoisotopic (exact) mass is 614 g/mol. The molecule has 1 atom stereocenters. The maximum absolute atomic E-state index is 13.7. The van der Waals surface area contributed by atoms with Gasteiger partial charge in [-0.2, -0.15) is 5.26 Å². The predicted molar refractivity (Wildman–Crippen MR) is 169 cm³/mol. The van der Waals surface area contributed by atoms with Crippen LogP contribution < -0.4 is 16.0 Å². The largest absolute Gasteiger partial charge is 0.444 e. The molecule has 0 unspecified atom stereocenters. The Kier molecular flexibility index (Phi) is 11.1. The molecule has 0 aliphatic carbocycles. The molecule has 1 aliphatic heterocycles. The van der Waals surface area contributed by atoms with E-state index in [1.807, 2.05) is 12.1 Å². The van der Waals surface area contributed by atoms with Crippen molar-refractivity contribution in [1.82, 2.24) is 20.5 Å². The predicted octanol–water partition coefficient (Wildman–Crippen LogP) is 5.05. The Morgan fingerprint density at radius 1 is 1.09 bits per heavy atom. The molecule has 2 aromatic carbocycles. The number of benzene rings is 2. The van der Waals surface area contributed by atoms with Crippen LogP contribution in [0, 0.1) is 17.1 Å². The molecular formula is C34H39FN6O4. The lowest BCUT2D eigenvalue weighted by Gasteiger charge is -2.25. The third-order valence-electron chi connectivity index (χ3n) is 7.25. The van der Waals surface area contributed by atoms with Gasteiger partial charge in [0.25, 0.3) is 5.91 Å². The lowest BCUT2D eigenvalue weighted by Crippen LogP contribution is -2.43. The molecule has 3 amide bonds. The van der Waals surface area contributed by atoms with Gasteiger partial charge in [0.2, 0.25) is 5.91 Å². The number of carbonyl (C=O) groups is 3. The summed E-state index contributed by atoms with van der Waals surface area (Å²) >= 11 is 0. The average molecular weight is 615 g/mol. The molecule has 0 spiro atoms. The summed E-state index contributed by atoms with van der Waals surface area (Å²) in [4.78, 5) is 44.4. The lowest BCUT2D eigenvalue weighted by atomic mass is 10.0. The normalized spacial score (nSPS) is 14.5. The molecule has 3 aromatic rings. The number of pyridine rings is 1. The highest BCUT2D eigenvalue weighted by atomic mass is 19.1. The number of carbonyl (C=O) groups excluding carboxylic acids is 3. The smallest absolute Gasteiger partial charge is 0.407 e. The van der Waals surface area contributed by atoms with E-state index in [0.717, 1.165) is 5.56 Å². The number of alkyl carbamates (subject to hydrolysis) is 1. The number of hydrogen-bond donors (Lipinski definition) is 3. The third kappa shape index (κ3) is 9.50. The van der Waals surface area contributed by atoms with E-state index in [0.29, 0.717) is 73.5 Å². The van der Waals surface area contributed by atoms with Gasteiger partial charge in [0.05, 0.1) is 22.9 Å². The Morgan fingerprint density at radius 2 is 1.89 bits per heavy atom. The second kappa shape index (κ2) is 15.1. The van der Waals surface area contributed by atoms with Gasteiger partial charge in [-0.15, -0.1) is 0 Å². The molecule has 236 valence electrons. The van der Waals surface area contributed by atoms with Gasteiger partial charge in [-0.1, -0.05) is 30.3 Å². The zero-order chi connectivity index (χ0) is 32.4. The molecule has 0 radical (unpaired) electrons. The fourth-order valence-corrected chi connectivity index (χ4v) is 5.12. The first-order chi connectivity index (χ1) is 21.5. The van der Waals surface area contributed by atoms with Gasteiger partial charge in [0, 0.05) is 44.2 Å². The molecule has 0 bridgehead atoms. The van der Waals surface area contributed by atoms with E-state index in [1.165, 1.54) is 12.1 Å². The van der Waals surface area contributed by atoms with Crippen LogP contribution in [-0.2, 0) is 16.0 Å². The SMILES string of the molecule is CC(C)(C)OC(=O)NCCCN1C(=O)CC[C@H]1CNC(=O)c1ccc(-c2ccccc2C#N)nc1NCCc1cccc(F)c1. The molecule has 2 heterocycles. The zero-order valence-corrected chi connectivity index (χ0v) is 25.9. The van der Waals surface area contributed by atoms with Crippen molar-refractivity contribution in [2.75, 3.05) is 31.5 Å². The average Bonchev–Trinajstić information content (AvgIpc) is 3.35. The van der Waals surface area contributed by atoms with Crippen molar-refractivity contribution >= 4 is 23.7 Å². The summed E-state index contributed by atoms with van der Waals surface area (Å²) in [7, 11) is 0. The summed E-state index contributed by atoms with van der Waals surface area (Å²) < 4.78 is 18.9. The second-order valence-electron chi connectivity index (χ2n) is 11.8. The first kappa shape index (κ1) is 32.9. The van der Waals surface area contributed by atoms with Crippen molar-refractivity contribution in [2.45, 2.75) is 58.1 Å². The Morgan fingerprint density at radius 3 is 2.64 bits per heavy atom. The fraction of sp³-hybridized carbons (Fsp3) is 0.382. The highest BCUT2D eigenvalue weighted by Gasteiger charge is 2.31. The number of halogens is 1. The zero-order valence-electron chi connectivity index (χ0n) is 25.9. The van der Waals surface area contributed by atoms with Crippen LogP contribution in [-0.4, -0.2) is 65.6 Å². The van der Waals surface area contributed by atoms with Crippen molar-refractivity contribution in [2.24, 2.45) is 0 Å². The first-order valence-corrected chi connectivity index (χ1v) is 15.1. The van der Waals surface area contributed by atoms with Gasteiger partial charge >= 0.3 is 6.09 Å². The molecule has 1 fully saturated rings. The van der Waals surface area contributed by atoms with Crippen LogP contribution in [0.2, 0.25) is 0 Å². The number of nitrogens with one attached hydrogen (secondary N) is 3. The standard InChI is InChI=1S/C34H39FN6O4/c1-34(2,3)45-33(44)38-17-7-19-41-26(12-15-30(41)42)22-39-32(43)28-13-14-29(27-11-5-4-9-24(27)21-36)40-31(28)37-18-16-23-8-6-10-25(35)20-23/h4-6,8-11,13-14,20,26H,7,12,15-19,22H2,1-3H3,(H,37,40)(H,38,44)(H,39,43)/t26-/m0/s1. The van der Waals surface area contributed by atoms with Crippen molar-refractivity contribution in [3.05, 3.63) is 83.2 Å². The number of ether oxygens (including phenoxy) is 1. The van der Waals surface area contributed by atoms with Crippen LogP contribution in [0.15, 0.2) is 60.7 Å². The molecule has 11 heteroatoms. The van der Waals surface area contributed by atoms with E-state index < -0.39 is 11.7 Å². The molecule has 0 saturated carbocycles. The molecule has 3 N–H and O–H groups in total. The van der Waals surface area contributed by atoms with Crippen LogP contribution in [0.4, 0.5) is 15.0 Å². The van der Waals surface area contributed by atoms with Crippen molar-refractivity contribution in [3.8, 4) is 17.3 Å². The molecular weight excluding hydrogens is 575 g/mol. The summed E-state index contributed by atoms with van der Waals surface area (Å²) in [6.07, 6.45) is 1.54.